The summed E-state index contributed by atoms with van der Waals surface area (Å²) in [6.07, 6.45) is 1.55. The average Bonchev–Trinajstić information content (AvgIpc) is 3.39. The lowest BCUT2D eigenvalue weighted by Gasteiger charge is -2.40. The standard InChI is InChI=1S/C28H27F2N3O3/c1-19-17-25(34)26(28(35)33(19)18-22-5-4-16-36-22)27(20-8-10-21(29)11-9-20)32-14-12-31(13-15-32)24-7-3-2-6-23(24)30/h2-11,16-17,27,34H,12-15,18H2,1H3/t27-/m0/s1. The molecule has 1 N–H and O–H groups in total. The maximum Gasteiger partial charge on any atom is 0.260 e. The van der Waals surface area contributed by atoms with Crippen LogP contribution in [-0.4, -0.2) is 40.8 Å². The molecule has 0 spiro atoms. The van der Waals surface area contributed by atoms with Crippen molar-refractivity contribution in [3.05, 3.63) is 118 Å². The quantitative estimate of drug-likeness (QED) is 0.424. The van der Waals surface area contributed by atoms with E-state index in [-0.39, 0.29) is 35.1 Å². The predicted octanol–water partition coefficient (Wildman–Crippen LogP) is 4.69. The first-order valence-electron chi connectivity index (χ1n) is 11.9. The molecule has 0 unspecified atom stereocenters. The van der Waals surface area contributed by atoms with Crippen LogP contribution in [0.1, 0.15) is 28.6 Å². The van der Waals surface area contributed by atoms with E-state index in [2.05, 4.69) is 4.90 Å². The number of piperazine rings is 1. The molecule has 1 aliphatic rings. The smallest absolute Gasteiger partial charge is 0.260 e. The third-order valence-corrected chi connectivity index (χ3v) is 6.75. The molecular weight excluding hydrogens is 464 g/mol. The Labute approximate surface area is 207 Å². The third kappa shape index (κ3) is 4.64. The van der Waals surface area contributed by atoms with Crippen LogP contribution in [0.25, 0.3) is 0 Å². The van der Waals surface area contributed by atoms with Crippen LogP contribution in [0.3, 0.4) is 0 Å². The van der Waals surface area contributed by atoms with Gasteiger partial charge in [-0.3, -0.25) is 9.69 Å². The van der Waals surface area contributed by atoms with Gasteiger partial charge in [-0.05, 0) is 55.0 Å². The summed E-state index contributed by atoms with van der Waals surface area (Å²) in [4.78, 5) is 17.8. The molecule has 4 aromatic rings. The van der Waals surface area contributed by atoms with Crippen LogP contribution in [-0.2, 0) is 6.54 Å². The molecule has 0 radical (unpaired) electrons. The van der Waals surface area contributed by atoms with Crippen LogP contribution in [0.4, 0.5) is 14.5 Å². The number of nitrogens with zero attached hydrogens (tertiary/aromatic N) is 3. The molecule has 186 valence electrons. The van der Waals surface area contributed by atoms with Gasteiger partial charge in [-0.2, -0.15) is 0 Å². The van der Waals surface area contributed by atoms with Gasteiger partial charge >= 0.3 is 0 Å². The van der Waals surface area contributed by atoms with Crippen molar-refractivity contribution < 1.29 is 18.3 Å². The molecule has 0 amide bonds. The largest absolute Gasteiger partial charge is 0.507 e. The highest BCUT2D eigenvalue weighted by molar-refractivity contribution is 5.48. The van der Waals surface area contributed by atoms with Gasteiger partial charge in [-0.15, -0.1) is 0 Å². The fourth-order valence-electron chi connectivity index (χ4n) is 4.91. The number of aryl methyl sites for hydroxylation is 1. The summed E-state index contributed by atoms with van der Waals surface area (Å²) in [5, 5.41) is 11.0. The molecule has 5 rings (SSSR count). The molecule has 36 heavy (non-hydrogen) atoms. The molecule has 6 nitrogen and oxygen atoms in total. The highest BCUT2D eigenvalue weighted by atomic mass is 19.1. The van der Waals surface area contributed by atoms with Crippen LogP contribution in [0.5, 0.6) is 5.75 Å². The van der Waals surface area contributed by atoms with Gasteiger partial charge in [0.05, 0.1) is 30.1 Å². The van der Waals surface area contributed by atoms with Crippen molar-refractivity contribution in [1.82, 2.24) is 9.47 Å². The highest BCUT2D eigenvalue weighted by Crippen LogP contribution is 2.34. The molecule has 1 atom stereocenters. The zero-order chi connectivity index (χ0) is 25.2. The lowest BCUT2D eigenvalue weighted by Crippen LogP contribution is -2.49. The van der Waals surface area contributed by atoms with Crippen LogP contribution in [0.15, 0.2) is 82.2 Å². The SMILES string of the molecule is Cc1cc(O)c([C@H](c2ccc(F)cc2)N2CCN(c3ccccc3F)CC2)c(=O)n1Cc1ccco1. The fraction of sp³-hybridized carbons (Fsp3) is 0.250. The number of benzene rings is 2. The first kappa shape index (κ1) is 23.8. The van der Waals surface area contributed by atoms with Crippen molar-refractivity contribution in [1.29, 1.82) is 0 Å². The summed E-state index contributed by atoms with van der Waals surface area (Å²) < 4.78 is 35.2. The molecule has 0 bridgehead atoms. The number of furan rings is 1. The minimum atomic E-state index is -0.607. The minimum Gasteiger partial charge on any atom is -0.507 e. The van der Waals surface area contributed by atoms with Gasteiger partial charge < -0.3 is 19.0 Å². The van der Waals surface area contributed by atoms with Crippen molar-refractivity contribution in [2.24, 2.45) is 0 Å². The van der Waals surface area contributed by atoms with Crippen molar-refractivity contribution in [3.63, 3.8) is 0 Å². The number of para-hydroxylation sites is 1. The summed E-state index contributed by atoms with van der Waals surface area (Å²) in [6, 6.07) is 17.1. The second-order valence-electron chi connectivity index (χ2n) is 8.98. The summed E-state index contributed by atoms with van der Waals surface area (Å²) in [6.45, 7) is 4.08. The van der Waals surface area contributed by atoms with E-state index in [1.165, 1.54) is 18.2 Å². The van der Waals surface area contributed by atoms with Gasteiger partial charge in [0.15, 0.2) is 0 Å². The monoisotopic (exact) mass is 491 g/mol. The van der Waals surface area contributed by atoms with E-state index in [0.29, 0.717) is 48.9 Å². The molecule has 1 aliphatic heterocycles. The Bertz CT molecular complexity index is 1390. The van der Waals surface area contributed by atoms with Gasteiger partial charge in [0.25, 0.3) is 5.56 Å². The number of aromatic hydroxyl groups is 1. The molecule has 1 saturated heterocycles. The van der Waals surface area contributed by atoms with Crippen molar-refractivity contribution in [2.75, 3.05) is 31.1 Å². The zero-order valence-electron chi connectivity index (χ0n) is 19.9. The molecule has 0 aliphatic carbocycles. The summed E-state index contributed by atoms with van der Waals surface area (Å²) >= 11 is 0. The molecule has 2 aromatic heterocycles. The molecule has 1 fully saturated rings. The summed E-state index contributed by atoms with van der Waals surface area (Å²) in [5.74, 6) is -0.156. The van der Waals surface area contributed by atoms with E-state index in [9.17, 15) is 18.7 Å². The molecule has 2 aromatic carbocycles. The van der Waals surface area contributed by atoms with Crippen molar-refractivity contribution in [3.8, 4) is 5.75 Å². The van der Waals surface area contributed by atoms with Crippen LogP contribution >= 0.6 is 0 Å². The molecule has 3 heterocycles. The fourth-order valence-corrected chi connectivity index (χ4v) is 4.91. The maximum atomic E-state index is 14.4. The Kier molecular flexibility index (Phi) is 6.61. The summed E-state index contributed by atoms with van der Waals surface area (Å²) in [7, 11) is 0. The Morgan fingerprint density at radius 3 is 2.36 bits per heavy atom. The summed E-state index contributed by atoms with van der Waals surface area (Å²) in [5.41, 5.74) is 1.71. The van der Waals surface area contributed by atoms with Gasteiger partial charge in [0.2, 0.25) is 0 Å². The van der Waals surface area contributed by atoms with Crippen molar-refractivity contribution in [2.45, 2.75) is 19.5 Å². The van der Waals surface area contributed by atoms with Crippen LogP contribution in [0, 0.1) is 18.6 Å². The first-order chi connectivity index (χ1) is 17.4. The van der Waals surface area contributed by atoms with Crippen molar-refractivity contribution >= 4 is 5.69 Å². The highest BCUT2D eigenvalue weighted by Gasteiger charge is 2.32. The molecule has 8 heteroatoms. The lowest BCUT2D eigenvalue weighted by atomic mass is 9.95. The minimum absolute atomic E-state index is 0.112. The number of rotatable bonds is 6. The first-order valence-corrected chi connectivity index (χ1v) is 11.9. The second-order valence-corrected chi connectivity index (χ2v) is 8.98. The van der Waals surface area contributed by atoms with Gasteiger partial charge in [-0.25, -0.2) is 8.78 Å². The second kappa shape index (κ2) is 9.99. The van der Waals surface area contributed by atoms with E-state index >= 15 is 0 Å². The van der Waals surface area contributed by atoms with Gasteiger partial charge in [0.1, 0.15) is 23.1 Å². The maximum absolute atomic E-state index is 14.4. The number of halogens is 2. The number of pyridine rings is 1. The van der Waals surface area contributed by atoms with Gasteiger partial charge in [0, 0.05) is 31.9 Å². The predicted molar refractivity (Wildman–Crippen MR) is 133 cm³/mol. The van der Waals surface area contributed by atoms with E-state index in [0.717, 1.165) is 0 Å². The van der Waals surface area contributed by atoms with Crippen LogP contribution in [0.2, 0.25) is 0 Å². The van der Waals surface area contributed by atoms with Gasteiger partial charge in [-0.1, -0.05) is 24.3 Å². The topological polar surface area (TPSA) is 61.9 Å². The third-order valence-electron chi connectivity index (χ3n) is 6.75. The van der Waals surface area contributed by atoms with E-state index in [1.54, 1.807) is 66.3 Å². The molecule has 0 saturated carbocycles. The average molecular weight is 492 g/mol. The lowest BCUT2D eigenvalue weighted by molar-refractivity contribution is 0.207. The number of anilines is 1. The molecular formula is C28H27F2N3O3. The number of hydrogen-bond acceptors (Lipinski definition) is 5. The Morgan fingerprint density at radius 1 is 0.972 bits per heavy atom. The number of hydrogen-bond donors (Lipinski definition) is 1. The van der Waals surface area contributed by atoms with E-state index < -0.39 is 6.04 Å². The van der Waals surface area contributed by atoms with E-state index in [1.807, 2.05) is 4.90 Å². The normalized spacial score (nSPS) is 15.2. The Hall–Kier alpha value is -3.91. The Balaban J connectivity index is 1.53. The van der Waals surface area contributed by atoms with Crippen LogP contribution < -0.4 is 10.5 Å². The number of aromatic nitrogens is 1. The van der Waals surface area contributed by atoms with E-state index in [4.69, 9.17) is 4.42 Å². The Morgan fingerprint density at radius 2 is 1.69 bits per heavy atom. The zero-order valence-corrected chi connectivity index (χ0v) is 19.9.